The topological polar surface area (TPSA) is 35.6 Å². The third-order valence-corrected chi connectivity index (χ3v) is 4.15. The smallest absolute Gasteiger partial charge is 0.236 e. The second-order valence-corrected chi connectivity index (χ2v) is 5.61. The molecule has 2 rings (SSSR count). The zero-order chi connectivity index (χ0) is 14.5. The molecule has 0 aliphatic carbocycles. The number of nitrogens with zero attached hydrogens (tertiary/aromatic N) is 2. The van der Waals surface area contributed by atoms with Crippen LogP contribution >= 0.6 is 24.0 Å². The van der Waals surface area contributed by atoms with Crippen molar-refractivity contribution in [2.75, 3.05) is 39.8 Å². The molecule has 1 N–H and O–H groups in total. The quantitative estimate of drug-likeness (QED) is 0.918. The van der Waals surface area contributed by atoms with Gasteiger partial charge in [0.25, 0.3) is 0 Å². The Morgan fingerprint density at radius 2 is 1.81 bits per heavy atom. The fourth-order valence-corrected chi connectivity index (χ4v) is 2.70. The molecule has 0 bridgehead atoms. The Kier molecular flexibility index (Phi) is 7.46. The Bertz CT molecular complexity index is 445. The van der Waals surface area contributed by atoms with Crippen LogP contribution in [0.15, 0.2) is 24.3 Å². The number of halogens is 2. The van der Waals surface area contributed by atoms with Gasteiger partial charge in [-0.25, -0.2) is 0 Å². The van der Waals surface area contributed by atoms with Crippen molar-refractivity contribution in [3.05, 3.63) is 34.9 Å². The molecule has 0 saturated carbocycles. The number of amides is 1. The van der Waals surface area contributed by atoms with Crippen molar-refractivity contribution >= 4 is 29.9 Å². The van der Waals surface area contributed by atoms with E-state index in [0.29, 0.717) is 12.6 Å². The van der Waals surface area contributed by atoms with Gasteiger partial charge in [-0.15, -0.1) is 12.4 Å². The summed E-state index contributed by atoms with van der Waals surface area (Å²) in [5.74, 6) is 0.186. The summed E-state index contributed by atoms with van der Waals surface area (Å²) >= 11 is 5.92. The van der Waals surface area contributed by atoms with Gasteiger partial charge in [-0.3, -0.25) is 9.69 Å². The minimum absolute atomic E-state index is 0. The molecule has 1 heterocycles. The van der Waals surface area contributed by atoms with E-state index >= 15 is 0 Å². The average molecular weight is 332 g/mol. The molecule has 6 heteroatoms. The molecule has 0 aromatic heterocycles. The van der Waals surface area contributed by atoms with E-state index in [4.69, 9.17) is 11.6 Å². The van der Waals surface area contributed by atoms with E-state index in [1.165, 1.54) is 5.56 Å². The monoisotopic (exact) mass is 331 g/mol. The first-order valence-corrected chi connectivity index (χ1v) is 7.41. The molecular formula is C15H23Cl2N3O. The predicted octanol–water partition coefficient (Wildman–Crippen LogP) is 2.19. The summed E-state index contributed by atoms with van der Waals surface area (Å²) < 4.78 is 0. The number of carbonyl (C=O) groups excluding carboxylic acids is 1. The lowest BCUT2D eigenvalue weighted by molar-refractivity contribution is -0.132. The van der Waals surface area contributed by atoms with E-state index in [9.17, 15) is 4.79 Å². The van der Waals surface area contributed by atoms with Gasteiger partial charge in [0.05, 0.1) is 6.54 Å². The minimum atomic E-state index is 0. The summed E-state index contributed by atoms with van der Waals surface area (Å²) in [6.07, 6.45) is 0. The zero-order valence-electron chi connectivity index (χ0n) is 12.5. The van der Waals surface area contributed by atoms with Crippen LogP contribution in [0.25, 0.3) is 0 Å². The van der Waals surface area contributed by atoms with Gasteiger partial charge < -0.3 is 10.2 Å². The highest BCUT2D eigenvalue weighted by Gasteiger charge is 2.24. The van der Waals surface area contributed by atoms with Crippen LogP contribution in [0.1, 0.15) is 18.5 Å². The van der Waals surface area contributed by atoms with Crippen LogP contribution < -0.4 is 5.32 Å². The van der Waals surface area contributed by atoms with Crippen molar-refractivity contribution in [1.29, 1.82) is 0 Å². The molecule has 1 amide bonds. The van der Waals surface area contributed by atoms with Crippen molar-refractivity contribution in [2.45, 2.75) is 13.0 Å². The van der Waals surface area contributed by atoms with Crippen molar-refractivity contribution in [3.8, 4) is 0 Å². The average Bonchev–Trinajstić information content (AvgIpc) is 2.48. The van der Waals surface area contributed by atoms with E-state index in [0.717, 1.165) is 31.2 Å². The van der Waals surface area contributed by atoms with E-state index in [1.807, 2.05) is 17.0 Å². The molecule has 1 saturated heterocycles. The molecule has 1 unspecified atom stereocenters. The third-order valence-electron chi connectivity index (χ3n) is 3.90. The van der Waals surface area contributed by atoms with E-state index < -0.39 is 0 Å². The van der Waals surface area contributed by atoms with Crippen LogP contribution in [-0.2, 0) is 4.79 Å². The van der Waals surface area contributed by atoms with E-state index in [2.05, 4.69) is 29.3 Å². The first kappa shape index (κ1) is 18.2. The second-order valence-electron chi connectivity index (χ2n) is 5.17. The molecule has 118 valence electrons. The van der Waals surface area contributed by atoms with Crippen LogP contribution in [0.4, 0.5) is 0 Å². The van der Waals surface area contributed by atoms with Crippen molar-refractivity contribution in [3.63, 3.8) is 0 Å². The second kappa shape index (κ2) is 8.59. The molecule has 1 aliphatic heterocycles. The Labute approximate surface area is 137 Å². The summed E-state index contributed by atoms with van der Waals surface area (Å²) in [5.41, 5.74) is 1.27. The maximum atomic E-state index is 11.8. The molecule has 0 radical (unpaired) electrons. The number of piperazine rings is 1. The number of hydrogen-bond acceptors (Lipinski definition) is 3. The largest absolute Gasteiger partial charge is 0.339 e. The van der Waals surface area contributed by atoms with Crippen molar-refractivity contribution in [2.24, 2.45) is 0 Å². The normalized spacial score (nSPS) is 17.2. The van der Waals surface area contributed by atoms with Crippen LogP contribution in [0.2, 0.25) is 5.02 Å². The van der Waals surface area contributed by atoms with Gasteiger partial charge in [-0.2, -0.15) is 0 Å². The Balaban J connectivity index is 0.00000220. The lowest BCUT2D eigenvalue weighted by Crippen LogP contribution is -2.51. The lowest BCUT2D eigenvalue weighted by atomic mass is 10.1. The number of likely N-dealkylation sites (N-methyl/N-ethyl adjacent to an activating group) is 1. The summed E-state index contributed by atoms with van der Waals surface area (Å²) in [5, 5.41) is 3.68. The number of benzene rings is 1. The van der Waals surface area contributed by atoms with Gasteiger partial charge in [-0.05, 0) is 31.7 Å². The standard InChI is InChI=1S/C15H22ClN3O.ClH/c1-12(13-3-5-14(16)6-4-13)18-7-9-19(10-8-18)15(20)11-17-2;/h3-6,12,17H,7-11H2,1-2H3;1H. The lowest BCUT2D eigenvalue weighted by Gasteiger charge is -2.38. The Hall–Kier alpha value is -0.810. The number of rotatable bonds is 4. The third kappa shape index (κ3) is 4.85. The van der Waals surface area contributed by atoms with E-state index in [-0.39, 0.29) is 18.3 Å². The van der Waals surface area contributed by atoms with E-state index in [1.54, 1.807) is 7.05 Å². The van der Waals surface area contributed by atoms with Gasteiger partial charge in [0.1, 0.15) is 0 Å². The number of hydrogen-bond donors (Lipinski definition) is 1. The van der Waals surface area contributed by atoms with Crippen molar-refractivity contribution < 1.29 is 4.79 Å². The van der Waals surface area contributed by atoms with Gasteiger partial charge in [0, 0.05) is 37.2 Å². The Morgan fingerprint density at radius 1 is 1.24 bits per heavy atom. The fraction of sp³-hybridized carbons (Fsp3) is 0.533. The highest BCUT2D eigenvalue weighted by Crippen LogP contribution is 2.23. The van der Waals surface area contributed by atoms with Gasteiger partial charge in [0.2, 0.25) is 5.91 Å². The molecule has 0 spiro atoms. The zero-order valence-corrected chi connectivity index (χ0v) is 14.1. The van der Waals surface area contributed by atoms with Crippen LogP contribution in [0.5, 0.6) is 0 Å². The molecule has 4 nitrogen and oxygen atoms in total. The van der Waals surface area contributed by atoms with Gasteiger partial charge in [0.15, 0.2) is 0 Å². The fourth-order valence-electron chi connectivity index (χ4n) is 2.57. The minimum Gasteiger partial charge on any atom is -0.339 e. The SMILES string of the molecule is CNCC(=O)N1CCN(C(C)c2ccc(Cl)cc2)CC1.Cl. The summed E-state index contributed by atoms with van der Waals surface area (Å²) in [6.45, 7) is 6.07. The first-order valence-electron chi connectivity index (χ1n) is 7.03. The molecule has 1 fully saturated rings. The van der Waals surface area contributed by atoms with Gasteiger partial charge in [-0.1, -0.05) is 23.7 Å². The molecule has 1 atom stereocenters. The predicted molar refractivity (Wildman–Crippen MR) is 89.2 cm³/mol. The summed E-state index contributed by atoms with van der Waals surface area (Å²) in [6, 6.07) is 8.37. The maximum absolute atomic E-state index is 11.8. The first-order chi connectivity index (χ1) is 9.61. The molecule has 21 heavy (non-hydrogen) atoms. The van der Waals surface area contributed by atoms with Gasteiger partial charge >= 0.3 is 0 Å². The summed E-state index contributed by atoms with van der Waals surface area (Å²) in [4.78, 5) is 16.2. The molecule has 1 aliphatic rings. The molecule has 1 aromatic rings. The highest BCUT2D eigenvalue weighted by molar-refractivity contribution is 6.30. The number of carbonyl (C=O) groups is 1. The number of nitrogens with one attached hydrogen (secondary N) is 1. The van der Waals surface area contributed by atoms with Crippen molar-refractivity contribution in [1.82, 2.24) is 15.1 Å². The summed E-state index contributed by atoms with van der Waals surface area (Å²) in [7, 11) is 1.80. The molecule has 1 aromatic carbocycles. The van der Waals surface area contributed by atoms with Crippen LogP contribution in [0.3, 0.4) is 0 Å². The molecular weight excluding hydrogens is 309 g/mol. The Morgan fingerprint density at radius 3 is 2.33 bits per heavy atom. The van der Waals surface area contributed by atoms with Crippen LogP contribution in [0, 0.1) is 0 Å². The van der Waals surface area contributed by atoms with Crippen LogP contribution in [-0.4, -0.2) is 55.5 Å². The maximum Gasteiger partial charge on any atom is 0.236 e. The highest BCUT2D eigenvalue weighted by atomic mass is 35.5.